The van der Waals surface area contributed by atoms with Crippen LogP contribution in [-0.4, -0.2) is 17.1 Å². The summed E-state index contributed by atoms with van der Waals surface area (Å²) in [5.41, 5.74) is 0.795. The van der Waals surface area contributed by atoms with Gasteiger partial charge in [-0.15, -0.1) is 0 Å². The lowest BCUT2D eigenvalue weighted by atomic mass is 10.3. The number of ether oxygens (including phenoxy) is 2. The number of benzene rings is 1. The predicted molar refractivity (Wildman–Crippen MR) is 80.2 cm³/mol. The number of hydrogen-bond donors (Lipinski definition) is 0. The maximum Gasteiger partial charge on any atom is 0.226 e. The zero-order valence-electron chi connectivity index (χ0n) is 10.1. The van der Waals surface area contributed by atoms with Gasteiger partial charge in [-0.2, -0.15) is 4.98 Å². The van der Waals surface area contributed by atoms with Gasteiger partial charge in [0, 0.05) is 11.8 Å². The molecular formula is C12H9Br2ClN2O2. The van der Waals surface area contributed by atoms with E-state index in [4.69, 9.17) is 21.1 Å². The van der Waals surface area contributed by atoms with Crippen molar-refractivity contribution in [3.05, 3.63) is 38.1 Å². The smallest absolute Gasteiger partial charge is 0.226 e. The standard InChI is InChI=1S/C12H9Br2ClN2O2/c1-6-5-16-12(15)17-11(6)19-10-4-7(13)9(18-2)3-8(10)14/h3-5H,1-2H3. The second kappa shape index (κ2) is 6.07. The molecule has 0 unspecified atom stereocenters. The fraction of sp³-hybridized carbons (Fsp3) is 0.167. The first-order chi connectivity index (χ1) is 9.01. The van der Waals surface area contributed by atoms with Crippen LogP contribution >= 0.6 is 43.5 Å². The van der Waals surface area contributed by atoms with Gasteiger partial charge < -0.3 is 9.47 Å². The summed E-state index contributed by atoms with van der Waals surface area (Å²) in [4.78, 5) is 7.93. The molecule has 4 nitrogen and oxygen atoms in total. The van der Waals surface area contributed by atoms with Crippen molar-refractivity contribution in [2.75, 3.05) is 7.11 Å². The molecule has 0 saturated heterocycles. The Kier molecular flexibility index (Phi) is 4.65. The number of nitrogens with zero attached hydrogens (tertiary/aromatic N) is 2. The number of methoxy groups -OCH3 is 1. The van der Waals surface area contributed by atoms with Crippen molar-refractivity contribution < 1.29 is 9.47 Å². The molecular weight excluding hydrogens is 399 g/mol. The van der Waals surface area contributed by atoms with Crippen molar-refractivity contribution in [3.63, 3.8) is 0 Å². The minimum atomic E-state index is 0.143. The van der Waals surface area contributed by atoms with Gasteiger partial charge in [0.1, 0.15) is 11.5 Å². The highest BCUT2D eigenvalue weighted by atomic mass is 79.9. The highest BCUT2D eigenvalue weighted by Gasteiger charge is 2.11. The van der Waals surface area contributed by atoms with Crippen LogP contribution in [-0.2, 0) is 0 Å². The first-order valence-corrected chi connectivity index (χ1v) is 7.17. The second-order valence-corrected chi connectivity index (χ2v) is 5.69. The summed E-state index contributed by atoms with van der Waals surface area (Å²) in [7, 11) is 1.60. The Labute approximate surface area is 132 Å². The normalized spacial score (nSPS) is 10.4. The van der Waals surface area contributed by atoms with Crippen molar-refractivity contribution in [3.8, 4) is 17.4 Å². The third-order valence-electron chi connectivity index (χ3n) is 2.31. The van der Waals surface area contributed by atoms with Gasteiger partial charge >= 0.3 is 0 Å². The van der Waals surface area contributed by atoms with Crippen LogP contribution in [0.4, 0.5) is 0 Å². The van der Waals surface area contributed by atoms with E-state index in [9.17, 15) is 0 Å². The Balaban J connectivity index is 2.38. The molecule has 7 heteroatoms. The van der Waals surface area contributed by atoms with Crippen LogP contribution in [0.1, 0.15) is 5.56 Å². The Hall–Kier alpha value is -0.850. The van der Waals surface area contributed by atoms with Gasteiger partial charge in [-0.05, 0) is 62.5 Å². The quantitative estimate of drug-likeness (QED) is 0.687. The van der Waals surface area contributed by atoms with Crippen LogP contribution in [0, 0.1) is 6.92 Å². The van der Waals surface area contributed by atoms with Crippen molar-refractivity contribution in [1.29, 1.82) is 0 Å². The number of aryl methyl sites for hydroxylation is 1. The van der Waals surface area contributed by atoms with E-state index in [-0.39, 0.29) is 5.28 Å². The van der Waals surface area contributed by atoms with Gasteiger partial charge in [-0.1, -0.05) is 0 Å². The van der Waals surface area contributed by atoms with Gasteiger partial charge in [0.2, 0.25) is 11.2 Å². The molecule has 0 spiro atoms. The van der Waals surface area contributed by atoms with E-state index in [1.54, 1.807) is 25.4 Å². The molecule has 0 amide bonds. The van der Waals surface area contributed by atoms with E-state index in [2.05, 4.69) is 41.8 Å². The van der Waals surface area contributed by atoms with Crippen LogP contribution < -0.4 is 9.47 Å². The van der Waals surface area contributed by atoms with Crippen LogP contribution in [0.2, 0.25) is 5.28 Å². The van der Waals surface area contributed by atoms with Gasteiger partial charge in [-0.25, -0.2) is 4.98 Å². The number of halogens is 3. The summed E-state index contributed by atoms with van der Waals surface area (Å²) in [6.07, 6.45) is 1.61. The zero-order valence-corrected chi connectivity index (χ0v) is 14.0. The molecule has 0 aliphatic carbocycles. The molecule has 0 radical (unpaired) electrons. The number of aromatic nitrogens is 2. The molecule has 1 aromatic heterocycles. The fourth-order valence-electron chi connectivity index (χ4n) is 1.36. The fourth-order valence-corrected chi connectivity index (χ4v) is 2.37. The van der Waals surface area contributed by atoms with E-state index >= 15 is 0 Å². The number of rotatable bonds is 3. The first-order valence-electron chi connectivity index (χ1n) is 5.21. The van der Waals surface area contributed by atoms with Crippen LogP contribution in [0.25, 0.3) is 0 Å². The molecule has 0 bridgehead atoms. The Morgan fingerprint density at radius 3 is 2.47 bits per heavy atom. The van der Waals surface area contributed by atoms with Crippen molar-refractivity contribution in [1.82, 2.24) is 9.97 Å². The minimum Gasteiger partial charge on any atom is -0.496 e. The summed E-state index contributed by atoms with van der Waals surface area (Å²) in [5.74, 6) is 1.72. The Bertz CT molecular complexity index is 623. The van der Waals surface area contributed by atoms with E-state index in [0.29, 0.717) is 17.4 Å². The third-order valence-corrected chi connectivity index (χ3v) is 3.73. The first kappa shape index (κ1) is 14.6. The topological polar surface area (TPSA) is 44.2 Å². The maximum absolute atomic E-state index is 5.76. The molecule has 0 saturated carbocycles. The molecule has 0 fully saturated rings. The van der Waals surface area contributed by atoms with Crippen molar-refractivity contribution >= 4 is 43.5 Å². The van der Waals surface area contributed by atoms with Crippen LogP contribution in [0.15, 0.2) is 27.3 Å². The molecule has 0 aliphatic heterocycles. The highest BCUT2D eigenvalue weighted by molar-refractivity contribution is 9.11. The molecule has 0 N–H and O–H groups in total. The van der Waals surface area contributed by atoms with Crippen LogP contribution in [0.5, 0.6) is 17.4 Å². The van der Waals surface area contributed by atoms with Gasteiger partial charge in [0.25, 0.3) is 0 Å². The summed E-state index contributed by atoms with van der Waals surface area (Å²) in [6, 6.07) is 3.59. The Morgan fingerprint density at radius 1 is 1.16 bits per heavy atom. The number of hydrogen-bond acceptors (Lipinski definition) is 4. The zero-order chi connectivity index (χ0) is 14.0. The predicted octanol–water partition coefficient (Wildman–Crippen LogP) is 4.76. The molecule has 100 valence electrons. The summed E-state index contributed by atoms with van der Waals surface area (Å²) < 4.78 is 12.5. The van der Waals surface area contributed by atoms with E-state index < -0.39 is 0 Å². The second-order valence-electron chi connectivity index (χ2n) is 3.65. The van der Waals surface area contributed by atoms with Crippen LogP contribution in [0.3, 0.4) is 0 Å². The monoisotopic (exact) mass is 406 g/mol. The lowest BCUT2D eigenvalue weighted by molar-refractivity contribution is 0.408. The summed E-state index contributed by atoms with van der Waals surface area (Å²) >= 11 is 12.6. The highest BCUT2D eigenvalue weighted by Crippen LogP contribution is 2.38. The molecule has 1 aromatic carbocycles. The average molecular weight is 408 g/mol. The minimum absolute atomic E-state index is 0.143. The summed E-state index contributed by atoms with van der Waals surface area (Å²) in [6.45, 7) is 1.85. The SMILES string of the molecule is COc1cc(Br)c(Oc2nc(Cl)ncc2C)cc1Br. The Morgan fingerprint density at radius 2 is 1.79 bits per heavy atom. The van der Waals surface area contributed by atoms with Crippen molar-refractivity contribution in [2.24, 2.45) is 0 Å². The van der Waals surface area contributed by atoms with E-state index in [1.165, 1.54) is 0 Å². The molecule has 2 rings (SSSR count). The average Bonchev–Trinajstić information content (AvgIpc) is 2.37. The van der Waals surface area contributed by atoms with E-state index in [0.717, 1.165) is 14.5 Å². The largest absolute Gasteiger partial charge is 0.496 e. The van der Waals surface area contributed by atoms with Gasteiger partial charge in [-0.3, -0.25) is 0 Å². The van der Waals surface area contributed by atoms with Gasteiger partial charge in [0.05, 0.1) is 16.1 Å². The molecule has 2 aromatic rings. The molecule has 0 aliphatic rings. The third kappa shape index (κ3) is 3.38. The molecule has 19 heavy (non-hydrogen) atoms. The van der Waals surface area contributed by atoms with Crippen molar-refractivity contribution in [2.45, 2.75) is 6.92 Å². The molecule has 1 heterocycles. The van der Waals surface area contributed by atoms with E-state index in [1.807, 2.05) is 6.92 Å². The maximum atomic E-state index is 5.76. The summed E-state index contributed by atoms with van der Waals surface area (Å²) in [5, 5.41) is 0.143. The lowest BCUT2D eigenvalue weighted by Crippen LogP contribution is -1.95. The lowest BCUT2D eigenvalue weighted by Gasteiger charge is -2.11. The molecule has 0 atom stereocenters. The van der Waals surface area contributed by atoms with Gasteiger partial charge in [0.15, 0.2) is 0 Å².